The van der Waals surface area contributed by atoms with Crippen LogP contribution in [0.3, 0.4) is 0 Å². The maximum Gasteiger partial charge on any atom is 0.118 e. The highest BCUT2D eigenvalue weighted by Crippen LogP contribution is 2.20. The fourth-order valence-corrected chi connectivity index (χ4v) is 3.36. The van der Waals surface area contributed by atoms with E-state index in [4.69, 9.17) is 9.57 Å². The average Bonchev–Trinajstić information content (AvgIpc) is 3.36. The first-order valence-corrected chi connectivity index (χ1v) is 9.30. The van der Waals surface area contributed by atoms with Crippen LogP contribution in [-0.2, 0) is 22.8 Å². The van der Waals surface area contributed by atoms with E-state index in [9.17, 15) is 0 Å². The molecule has 2 aromatic carbocycles. The molecule has 0 aliphatic carbocycles. The number of oxime groups is 1. The van der Waals surface area contributed by atoms with Crippen molar-refractivity contribution in [2.75, 3.05) is 7.11 Å². The summed E-state index contributed by atoms with van der Waals surface area (Å²) in [5.74, 6) is 0. The third-order valence-electron chi connectivity index (χ3n) is 4.04. The van der Waals surface area contributed by atoms with Crippen LogP contribution in [0.5, 0.6) is 0 Å². The van der Waals surface area contributed by atoms with Crippen molar-refractivity contribution >= 4 is 28.6 Å². The second-order valence-electron chi connectivity index (χ2n) is 5.87. The Morgan fingerprint density at radius 3 is 2.96 bits per heavy atom. The van der Waals surface area contributed by atoms with Crippen molar-refractivity contribution in [3.63, 3.8) is 0 Å². The van der Waals surface area contributed by atoms with Crippen molar-refractivity contribution in [3.05, 3.63) is 76.5 Å². The zero-order chi connectivity index (χ0) is 18.5. The number of fused-ring (bicyclic) bond motifs is 1. The molecule has 136 valence electrons. The molecule has 4 aromatic rings. The Labute approximate surface area is 160 Å². The summed E-state index contributed by atoms with van der Waals surface area (Å²) < 4.78 is 7.84. The second kappa shape index (κ2) is 8.11. The minimum Gasteiger partial charge on any atom is -0.399 e. The van der Waals surface area contributed by atoms with Gasteiger partial charge < -0.3 is 9.57 Å². The largest absolute Gasteiger partial charge is 0.399 e. The van der Waals surface area contributed by atoms with E-state index in [-0.39, 0.29) is 0 Å². The number of benzene rings is 2. The molecule has 0 unspecified atom stereocenters. The van der Waals surface area contributed by atoms with Gasteiger partial charge in [0.2, 0.25) is 0 Å². The molecule has 0 aliphatic rings. The van der Waals surface area contributed by atoms with E-state index in [1.54, 1.807) is 23.7 Å². The van der Waals surface area contributed by atoms with Crippen molar-refractivity contribution < 1.29 is 9.57 Å². The van der Waals surface area contributed by atoms with E-state index in [2.05, 4.69) is 37.9 Å². The van der Waals surface area contributed by atoms with Crippen LogP contribution >= 0.6 is 11.3 Å². The van der Waals surface area contributed by atoms with Gasteiger partial charge in [-0.15, -0.1) is 11.3 Å². The van der Waals surface area contributed by atoms with Gasteiger partial charge in [-0.3, -0.25) is 4.57 Å². The number of hydrogen-bond donors (Lipinski definition) is 0. The topological polar surface area (TPSA) is 61.5 Å². The smallest absolute Gasteiger partial charge is 0.118 e. The van der Waals surface area contributed by atoms with E-state index < -0.39 is 0 Å². The van der Waals surface area contributed by atoms with Crippen molar-refractivity contribution in [1.82, 2.24) is 14.5 Å². The lowest BCUT2D eigenvalue weighted by atomic mass is 10.2. The lowest BCUT2D eigenvalue weighted by molar-refractivity contribution is 0.107. The first-order valence-electron chi connectivity index (χ1n) is 8.42. The molecule has 0 fully saturated rings. The zero-order valence-corrected chi connectivity index (χ0v) is 15.6. The number of rotatable bonds is 7. The molecular weight excluding hydrogens is 360 g/mol. The highest BCUT2D eigenvalue weighted by atomic mass is 32.1. The predicted molar refractivity (Wildman–Crippen MR) is 106 cm³/mol. The average molecular weight is 378 g/mol. The van der Waals surface area contributed by atoms with E-state index >= 15 is 0 Å². The van der Waals surface area contributed by atoms with Gasteiger partial charge in [0.1, 0.15) is 18.4 Å². The summed E-state index contributed by atoms with van der Waals surface area (Å²) in [6, 6.07) is 14.3. The molecule has 0 amide bonds. The molecule has 2 heterocycles. The molecule has 0 saturated carbocycles. The van der Waals surface area contributed by atoms with Crippen LogP contribution in [0.25, 0.3) is 16.7 Å². The summed E-state index contributed by atoms with van der Waals surface area (Å²) in [6.45, 7) is 1.07. The van der Waals surface area contributed by atoms with Crippen molar-refractivity contribution in [1.29, 1.82) is 0 Å². The Balaban J connectivity index is 1.53. The minimum absolute atomic E-state index is 0.529. The van der Waals surface area contributed by atoms with Gasteiger partial charge >= 0.3 is 0 Å². The van der Waals surface area contributed by atoms with Gasteiger partial charge in [0, 0.05) is 17.3 Å². The molecule has 27 heavy (non-hydrogen) atoms. The molecular formula is C20H18N4O2S. The molecule has 0 spiro atoms. The van der Waals surface area contributed by atoms with Crippen LogP contribution in [0.15, 0.2) is 65.5 Å². The highest BCUT2D eigenvalue weighted by molar-refractivity contribution is 7.09. The summed E-state index contributed by atoms with van der Waals surface area (Å²) in [7, 11) is 1.53. The van der Waals surface area contributed by atoms with E-state index in [0.29, 0.717) is 13.2 Å². The molecule has 0 N–H and O–H groups in total. The number of ether oxygens (including phenoxy) is 1. The highest BCUT2D eigenvalue weighted by Gasteiger charge is 2.06. The normalized spacial score (nSPS) is 11.4. The van der Waals surface area contributed by atoms with Crippen molar-refractivity contribution in [3.8, 4) is 5.69 Å². The fraction of sp³-hybridized carbons (Fsp3) is 0.150. The van der Waals surface area contributed by atoms with E-state index in [1.807, 2.05) is 36.0 Å². The molecule has 2 aromatic heterocycles. The first kappa shape index (κ1) is 17.4. The maximum atomic E-state index is 5.77. The van der Waals surface area contributed by atoms with Crippen LogP contribution in [0, 0.1) is 0 Å². The molecule has 6 nitrogen and oxygen atoms in total. The van der Waals surface area contributed by atoms with Crippen LogP contribution < -0.4 is 0 Å². The summed E-state index contributed by atoms with van der Waals surface area (Å²) in [6.07, 6.45) is 5.29. The molecule has 0 saturated heterocycles. The van der Waals surface area contributed by atoms with Gasteiger partial charge in [0.05, 0.1) is 30.5 Å². The Morgan fingerprint density at radius 1 is 1.15 bits per heavy atom. The minimum atomic E-state index is 0.529. The molecule has 0 radical (unpaired) electrons. The quantitative estimate of drug-likeness (QED) is 0.358. The summed E-state index contributed by atoms with van der Waals surface area (Å²) in [4.78, 5) is 13.5. The van der Waals surface area contributed by atoms with Gasteiger partial charge in [-0.05, 0) is 35.4 Å². The monoisotopic (exact) mass is 378 g/mol. The number of thiazole rings is 1. The predicted octanol–water partition coefficient (Wildman–Crippen LogP) is 4.18. The third-order valence-corrected chi connectivity index (χ3v) is 4.80. The Kier molecular flexibility index (Phi) is 5.22. The summed E-state index contributed by atoms with van der Waals surface area (Å²) >= 11 is 1.60. The number of imidazole rings is 1. The van der Waals surface area contributed by atoms with Gasteiger partial charge in [0.25, 0.3) is 0 Å². The Morgan fingerprint density at radius 2 is 2.11 bits per heavy atom. The van der Waals surface area contributed by atoms with Crippen molar-refractivity contribution in [2.24, 2.45) is 5.16 Å². The van der Waals surface area contributed by atoms with Crippen LogP contribution in [0.1, 0.15) is 16.1 Å². The fourth-order valence-electron chi connectivity index (χ4n) is 2.81. The van der Waals surface area contributed by atoms with E-state index in [1.165, 1.54) is 7.11 Å². The standard InChI is InChI=1S/C20H18N4O2S/c1-25-23-11-15-5-6-19-18(10-15)22-14-24(19)17-4-2-3-16(9-17)12-26-13-20-21-7-8-27-20/h2-11,14H,12-13H2,1H3/b23-11+. The third kappa shape index (κ3) is 4.05. The van der Waals surface area contributed by atoms with Crippen molar-refractivity contribution in [2.45, 2.75) is 13.2 Å². The maximum absolute atomic E-state index is 5.77. The van der Waals surface area contributed by atoms with Crippen LogP contribution in [-0.4, -0.2) is 27.9 Å². The molecule has 0 aliphatic heterocycles. The number of nitrogens with zero attached hydrogens (tertiary/aromatic N) is 4. The summed E-state index contributed by atoms with van der Waals surface area (Å²) in [5, 5.41) is 6.74. The Hall–Kier alpha value is -3.03. The molecule has 4 rings (SSSR count). The van der Waals surface area contributed by atoms with Gasteiger partial charge in [-0.25, -0.2) is 9.97 Å². The van der Waals surface area contributed by atoms with E-state index in [0.717, 1.165) is 32.9 Å². The van der Waals surface area contributed by atoms with Crippen LogP contribution in [0.4, 0.5) is 0 Å². The number of aromatic nitrogens is 3. The zero-order valence-electron chi connectivity index (χ0n) is 14.8. The first-order chi connectivity index (χ1) is 13.3. The SMILES string of the molecule is CO/N=C/c1ccc2c(c1)ncn2-c1cccc(COCc2nccs2)c1. The van der Waals surface area contributed by atoms with Gasteiger partial charge in [-0.2, -0.15) is 0 Å². The molecule has 0 atom stereocenters. The molecule has 7 heteroatoms. The Bertz CT molecular complexity index is 1060. The number of hydrogen-bond acceptors (Lipinski definition) is 6. The summed E-state index contributed by atoms with van der Waals surface area (Å²) in [5.41, 5.74) is 5.03. The lowest BCUT2D eigenvalue weighted by Gasteiger charge is -2.08. The van der Waals surface area contributed by atoms with Crippen LogP contribution in [0.2, 0.25) is 0 Å². The lowest BCUT2D eigenvalue weighted by Crippen LogP contribution is -1.97. The van der Waals surface area contributed by atoms with Gasteiger partial charge in [0.15, 0.2) is 0 Å². The molecule has 0 bridgehead atoms. The second-order valence-corrected chi connectivity index (χ2v) is 6.85. The van der Waals surface area contributed by atoms with Gasteiger partial charge in [-0.1, -0.05) is 23.4 Å².